The van der Waals surface area contributed by atoms with Gasteiger partial charge in [0.15, 0.2) is 5.78 Å². The average Bonchev–Trinajstić information content (AvgIpc) is 3.00. The maximum atomic E-state index is 12.3. The van der Waals surface area contributed by atoms with Gasteiger partial charge in [0.1, 0.15) is 0 Å². The average molecular weight is 271 g/mol. The summed E-state index contributed by atoms with van der Waals surface area (Å²) in [6.07, 6.45) is 8.46. The molecule has 0 unspecified atom stereocenters. The number of anilines is 1. The van der Waals surface area contributed by atoms with Gasteiger partial charge in [-0.3, -0.25) is 4.79 Å². The molecule has 1 aromatic carbocycles. The number of ketones is 1. The van der Waals surface area contributed by atoms with E-state index in [1.165, 1.54) is 25.7 Å². The minimum absolute atomic E-state index is 0.226. The van der Waals surface area contributed by atoms with Crippen molar-refractivity contribution in [2.75, 3.05) is 11.9 Å². The summed E-state index contributed by atoms with van der Waals surface area (Å²) in [7, 11) is 2.15. The molecule has 20 heavy (non-hydrogen) atoms. The molecule has 0 N–H and O–H groups in total. The summed E-state index contributed by atoms with van der Waals surface area (Å²) in [5, 5.41) is 0. The SMILES string of the molecule is C=Cc1c(C(=O)CCC)cccc1N(C)C1CCCC1. The van der Waals surface area contributed by atoms with Gasteiger partial charge in [0, 0.05) is 36.3 Å². The van der Waals surface area contributed by atoms with Crippen molar-refractivity contribution in [1.29, 1.82) is 0 Å². The van der Waals surface area contributed by atoms with Crippen LogP contribution in [0, 0.1) is 0 Å². The minimum atomic E-state index is 0.226. The number of hydrogen-bond donors (Lipinski definition) is 0. The third kappa shape index (κ3) is 2.95. The number of benzene rings is 1. The molecule has 0 aliphatic heterocycles. The van der Waals surface area contributed by atoms with E-state index in [0.717, 1.165) is 23.2 Å². The molecule has 1 aliphatic rings. The normalized spacial score (nSPS) is 15.3. The van der Waals surface area contributed by atoms with Crippen molar-refractivity contribution < 1.29 is 4.79 Å². The van der Waals surface area contributed by atoms with Crippen LogP contribution in [0.3, 0.4) is 0 Å². The Morgan fingerprint density at radius 3 is 2.70 bits per heavy atom. The second-order valence-corrected chi connectivity index (χ2v) is 5.66. The quantitative estimate of drug-likeness (QED) is 0.699. The number of hydrogen-bond acceptors (Lipinski definition) is 2. The molecule has 0 saturated heterocycles. The largest absolute Gasteiger partial charge is 0.371 e. The third-order valence-corrected chi connectivity index (χ3v) is 4.32. The number of carbonyl (C=O) groups is 1. The Balaban J connectivity index is 2.35. The van der Waals surface area contributed by atoms with Crippen LogP contribution in [0.2, 0.25) is 0 Å². The van der Waals surface area contributed by atoms with Gasteiger partial charge in [-0.15, -0.1) is 0 Å². The summed E-state index contributed by atoms with van der Waals surface area (Å²) in [4.78, 5) is 14.6. The summed E-state index contributed by atoms with van der Waals surface area (Å²) in [6.45, 7) is 5.97. The predicted octanol–water partition coefficient (Wildman–Crippen LogP) is 4.69. The van der Waals surface area contributed by atoms with Gasteiger partial charge in [-0.05, 0) is 25.3 Å². The lowest BCUT2D eigenvalue weighted by Crippen LogP contribution is -2.29. The van der Waals surface area contributed by atoms with E-state index in [-0.39, 0.29) is 5.78 Å². The number of carbonyl (C=O) groups excluding carboxylic acids is 1. The van der Waals surface area contributed by atoms with Crippen LogP contribution in [0.25, 0.3) is 6.08 Å². The van der Waals surface area contributed by atoms with Gasteiger partial charge in [0.25, 0.3) is 0 Å². The Kier molecular flexibility index (Phi) is 4.99. The van der Waals surface area contributed by atoms with Crippen molar-refractivity contribution in [3.8, 4) is 0 Å². The molecule has 1 fully saturated rings. The van der Waals surface area contributed by atoms with E-state index in [1.807, 2.05) is 25.1 Å². The predicted molar refractivity (Wildman–Crippen MR) is 86.4 cm³/mol. The van der Waals surface area contributed by atoms with Crippen molar-refractivity contribution in [1.82, 2.24) is 0 Å². The van der Waals surface area contributed by atoms with Gasteiger partial charge < -0.3 is 4.90 Å². The smallest absolute Gasteiger partial charge is 0.163 e. The number of Topliss-reactive ketones (excluding diaryl/α,β-unsaturated/α-hetero) is 1. The molecule has 0 spiro atoms. The van der Waals surface area contributed by atoms with Crippen molar-refractivity contribution in [2.45, 2.75) is 51.5 Å². The van der Waals surface area contributed by atoms with Gasteiger partial charge in [-0.25, -0.2) is 0 Å². The molecule has 108 valence electrons. The first-order chi connectivity index (χ1) is 9.69. The zero-order valence-corrected chi connectivity index (χ0v) is 12.7. The highest BCUT2D eigenvalue weighted by Crippen LogP contribution is 2.31. The molecule has 0 bridgehead atoms. The zero-order chi connectivity index (χ0) is 14.5. The molecule has 2 heteroatoms. The molecule has 2 rings (SSSR count). The van der Waals surface area contributed by atoms with E-state index in [0.29, 0.717) is 12.5 Å². The van der Waals surface area contributed by atoms with Crippen molar-refractivity contribution >= 4 is 17.5 Å². The van der Waals surface area contributed by atoms with Crippen LogP contribution in [-0.2, 0) is 0 Å². The van der Waals surface area contributed by atoms with Crippen LogP contribution in [0.5, 0.6) is 0 Å². The molecule has 0 radical (unpaired) electrons. The first-order valence-corrected chi connectivity index (χ1v) is 7.70. The summed E-state index contributed by atoms with van der Waals surface area (Å²) in [5.74, 6) is 0.226. The molecule has 0 aromatic heterocycles. The minimum Gasteiger partial charge on any atom is -0.371 e. The molecule has 1 aromatic rings. The Morgan fingerprint density at radius 1 is 1.40 bits per heavy atom. The van der Waals surface area contributed by atoms with E-state index < -0.39 is 0 Å². The summed E-state index contributed by atoms with van der Waals surface area (Å²) < 4.78 is 0. The van der Waals surface area contributed by atoms with Crippen molar-refractivity contribution in [3.63, 3.8) is 0 Å². The maximum absolute atomic E-state index is 12.3. The monoisotopic (exact) mass is 271 g/mol. The molecule has 2 nitrogen and oxygen atoms in total. The maximum Gasteiger partial charge on any atom is 0.163 e. The fourth-order valence-corrected chi connectivity index (χ4v) is 3.17. The molecule has 0 atom stereocenters. The van der Waals surface area contributed by atoms with Crippen molar-refractivity contribution in [3.05, 3.63) is 35.9 Å². The van der Waals surface area contributed by atoms with E-state index in [9.17, 15) is 4.79 Å². The topological polar surface area (TPSA) is 20.3 Å². The van der Waals surface area contributed by atoms with E-state index in [4.69, 9.17) is 0 Å². The van der Waals surface area contributed by atoms with Gasteiger partial charge in [0.2, 0.25) is 0 Å². The number of rotatable bonds is 6. The van der Waals surface area contributed by atoms with E-state index >= 15 is 0 Å². The lowest BCUT2D eigenvalue weighted by atomic mass is 9.98. The second-order valence-electron chi connectivity index (χ2n) is 5.66. The Labute approximate surface area is 122 Å². The Morgan fingerprint density at radius 2 is 2.10 bits per heavy atom. The van der Waals surface area contributed by atoms with Gasteiger partial charge in [-0.2, -0.15) is 0 Å². The molecular weight excluding hydrogens is 246 g/mol. The van der Waals surface area contributed by atoms with Crippen LogP contribution in [0.1, 0.15) is 61.4 Å². The summed E-state index contributed by atoms with van der Waals surface area (Å²) in [5.41, 5.74) is 2.97. The fourth-order valence-electron chi connectivity index (χ4n) is 3.17. The van der Waals surface area contributed by atoms with Crippen LogP contribution in [0.4, 0.5) is 5.69 Å². The zero-order valence-electron chi connectivity index (χ0n) is 12.7. The molecule has 1 aliphatic carbocycles. The lowest BCUT2D eigenvalue weighted by Gasteiger charge is -2.29. The molecule has 1 saturated carbocycles. The lowest BCUT2D eigenvalue weighted by molar-refractivity contribution is 0.0981. The van der Waals surface area contributed by atoms with E-state index in [1.54, 1.807) is 0 Å². The first-order valence-electron chi connectivity index (χ1n) is 7.70. The summed E-state index contributed by atoms with van der Waals surface area (Å²) in [6, 6.07) is 6.64. The van der Waals surface area contributed by atoms with Crippen molar-refractivity contribution in [2.24, 2.45) is 0 Å². The second kappa shape index (κ2) is 6.74. The first kappa shape index (κ1) is 14.8. The third-order valence-electron chi connectivity index (χ3n) is 4.32. The molecular formula is C18H25NO. The molecule has 0 amide bonds. The highest BCUT2D eigenvalue weighted by Gasteiger charge is 2.22. The summed E-state index contributed by atoms with van der Waals surface area (Å²) >= 11 is 0. The van der Waals surface area contributed by atoms with E-state index in [2.05, 4.69) is 24.6 Å². The van der Waals surface area contributed by atoms with Crippen LogP contribution >= 0.6 is 0 Å². The highest BCUT2D eigenvalue weighted by atomic mass is 16.1. The Hall–Kier alpha value is -1.57. The Bertz CT molecular complexity index is 486. The highest BCUT2D eigenvalue weighted by molar-refractivity contribution is 6.01. The van der Waals surface area contributed by atoms with Crippen LogP contribution in [-0.4, -0.2) is 18.9 Å². The molecule has 0 heterocycles. The van der Waals surface area contributed by atoms with Gasteiger partial charge >= 0.3 is 0 Å². The van der Waals surface area contributed by atoms with Crippen LogP contribution < -0.4 is 4.90 Å². The van der Waals surface area contributed by atoms with Crippen LogP contribution in [0.15, 0.2) is 24.8 Å². The fraction of sp³-hybridized carbons (Fsp3) is 0.500. The number of nitrogens with zero attached hydrogens (tertiary/aromatic N) is 1. The van der Waals surface area contributed by atoms with Gasteiger partial charge in [-0.1, -0.05) is 44.6 Å². The standard InChI is InChI=1S/C18H25NO/c1-4-9-18(20)16-12-8-13-17(15(16)5-2)19(3)14-10-6-7-11-14/h5,8,12-14H,2,4,6-7,9-11H2,1,3H3. The van der Waals surface area contributed by atoms with Gasteiger partial charge in [0.05, 0.1) is 0 Å².